The Bertz CT molecular complexity index is 1000. The summed E-state index contributed by atoms with van der Waals surface area (Å²) in [5.41, 5.74) is 6.67. The Balaban J connectivity index is 1.78. The summed E-state index contributed by atoms with van der Waals surface area (Å²) < 4.78 is 0. The topological polar surface area (TPSA) is 20.2 Å². The second-order valence-electron chi connectivity index (χ2n) is 6.42. The van der Waals surface area contributed by atoms with Crippen molar-refractivity contribution in [3.8, 4) is 28.0 Å². The number of aromatic hydroxyl groups is 1. The fourth-order valence-electron chi connectivity index (χ4n) is 3.31. The summed E-state index contributed by atoms with van der Waals surface area (Å²) in [6.07, 6.45) is 0.839. The lowest BCUT2D eigenvalue weighted by atomic mass is 9.92. The van der Waals surface area contributed by atoms with E-state index in [0.717, 1.165) is 28.7 Å². The molecule has 4 aromatic carbocycles. The second-order valence-corrected chi connectivity index (χ2v) is 6.42. The van der Waals surface area contributed by atoms with E-state index in [0.29, 0.717) is 5.75 Å². The number of benzene rings is 4. The highest BCUT2D eigenvalue weighted by molar-refractivity contribution is 5.79. The zero-order valence-electron chi connectivity index (χ0n) is 14.5. The molecule has 0 heterocycles. The van der Waals surface area contributed by atoms with Gasteiger partial charge in [0.25, 0.3) is 0 Å². The van der Waals surface area contributed by atoms with Crippen molar-refractivity contribution in [1.82, 2.24) is 0 Å². The van der Waals surface area contributed by atoms with Gasteiger partial charge in [-0.3, -0.25) is 0 Å². The van der Waals surface area contributed by atoms with Crippen LogP contribution in [0, 0.1) is 0 Å². The highest BCUT2D eigenvalue weighted by Crippen LogP contribution is 2.36. The van der Waals surface area contributed by atoms with E-state index in [9.17, 15) is 5.11 Å². The van der Waals surface area contributed by atoms with E-state index in [1.807, 2.05) is 36.4 Å². The molecule has 0 bridgehead atoms. The Morgan fingerprint density at radius 3 is 1.96 bits per heavy atom. The van der Waals surface area contributed by atoms with Crippen LogP contribution in [-0.2, 0) is 6.42 Å². The molecule has 1 nitrogen and oxygen atoms in total. The smallest absolute Gasteiger partial charge is 0.123 e. The maximum Gasteiger partial charge on any atom is 0.123 e. The molecule has 0 radical (unpaired) electrons. The lowest BCUT2D eigenvalue weighted by Crippen LogP contribution is -1.93. The van der Waals surface area contributed by atoms with Crippen LogP contribution < -0.4 is 0 Å². The van der Waals surface area contributed by atoms with Crippen molar-refractivity contribution in [1.29, 1.82) is 0 Å². The third-order valence-electron chi connectivity index (χ3n) is 4.65. The number of phenols is 1. The van der Waals surface area contributed by atoms with Gasteiger partial charge in [0.15, 0.2) is 0 Å². The summed E-state index contributed by atoms with van der Waals surface area (Å²) in [6.45, 7) is 0. The molecule has 0 unspecified atom stereocenters. The van der Waals surface area contributed by atoms with Crippen LogP contribution in [0.4, 0.5) is 0 Å². The predicted octanol–water partition coefficient (Wildman–Crippen LogP) is 6.32. The van der Waals surface area contributed by atoms with Gasteiger partial charge >= 0.3 is 0 Å². The maximum atomic E-state index is 10.5. The van der Waals surface area contributed by atoms with Crippen molar-refractivity contribution in [3.05, 3.63) is 114 Å². The number of phenolic OH excluding ortho intramolecular Hbond substituents is 1. The van der Waals surface area contributed by atoms with Gasteiger partial charge in [-0.2, -0.15) is 0 Å². The molecule has 0 aliphatic rings. The molecule has 0 fully saturated rings. The molecule has 0 saturated heterocycles. The highest BCUT2D eigenvalue weighted by atomic mass is 16.3. The average molecular weight is 336 g/mol. The molecule has 4 rings (SSSR count). The number of rotatable bonds is 4. The first kappa shape index (κ1) is 16.2. The van der Waals surface area contributed by atoms with E-state index in [2.05, 4.69) is 60.7 Å². The summed E-state index contributed by atoms with van der Waals surface area (Å²) in [6, 6.07) is 34.8. The molecule has 0 spiro atoms. The Morgan fingerprint density at radius 2 is 1.19 bits per heavy atom. The molecule has 0 atom stereocenters. The third-order valence-corrected chi connectivity index (χ3v) is 4.65. The van der Waals surface area contributed by atoms with Crippen LogP contribution in [0.3, 0.4) is 0 Å². The Morgan fingerprint density at radius 1 is 0.538 bits per heavy atom. The Kier molecular flexibility index (Phi) is 4.53. The summed E-state index contributed by atoms with van der Waals surface area (Å²) in [4.78, 5) is 0. The van der Waals surface area contributed by atoms with Gasteiger partial charge in [-0.25, -0.2) is 0 Å². The SMILES string of the molecule is Oc1ccc(-c2ccccc2)cc1-c1ccccc1Cc1ccccc1. The van der Waals surface area contributed by atoms with Crippen LogP contribution in [0.15, 0.2) is 103 Å². The van der Waals surface area contributed by atoms with E-state index >= 15 is 0 Å². The van der Waals surface area contributed by atoms with Crippen LogP contribution in [0.5, 0.6) is 5.75 Å². The first-order valence-electron chi connectivity index (χ1n) is 8.82. The van der Waals surface area contributed by atoms with Gasteiger partial charge in [0.1, 0.15) is 5.75 Å². The van der Waals surface area contributed by atoms with Crippen LogP contribution in [0.2, 0.25) is 0 Å². The molecule has 0 aromatic heterocycles. The minimum atomic E-state index is 0.310. The van der Waals surface area contributed by atoms with Crippen LogP contribution in [0.25, 0.3) is 22.3 Å². The van der Waals surface area contributed by atoms with Crippen molar-refractivity contribution < 1.29 is 5.11 Å². The maximum absolute atomic E-state index is 10.5. The van der Waals surface area contributed by atoms with Gasteiger partial charge in [0.05, 0.1) is 0 Å². The molecule has 26 heavy (non-hydrogen) atoms. The van der Waals surface area contributed by atoms with Crippen molar-refractivity contribution in [2.75, 3.05) is 0 Å². The molecule has 1 heteroatoms. The zero-order chi connectivity index (χ0) is 17.8. The van der Waals surface area contributed by atoms with E-state index in [-0.39, 0.29) is 0 Å². The zero-order valence-corrected chi connectivity index (χ0v) is 14.5. The number of hydrogen-bond donors (Lipinski definition) is 1. The Labute approximate surface area is 154 Å². The van der Waals surface area contributed by atoms with Crippen LogP contribution in [0.1, 0.15) is 11.1 Å². The molecular formula is C25H20O. The van der Waals surface area contributed by atoms with Gasteiger partial charge in [-0.15, -0.1) is 0 Å². The molecule has 4 aromatic rings. The standard InChI is InChI=1S/C25H20O/c26-25-16-15-21(20-11-5-2-6-12-20)18-24(25)23-14-8-7-13-22(23)17-19-9-3-1-4-10-19/h1-16,18,26H,17H2. The van der Waals surface area contributed by atoms with Gasteiger partial charge < -0.3 is 5.11 Å². The predicted molar refractivity (Wildman–Crippen MR) is 108 cm³/mol. The first-order chi connectivity index (χ1) is 12.8. The third kappa shape index (κ3) is 3.38. The minimum Gasteiger partial charge on any atom is -0.507 e. The van der Waals surface area contributed by atoms with E-state index in [4.69, 9.17) is 0 Å². The first-order valence-corrected chi connectivity index (χ1v) is 8.82. The largest absolute Gasteiger partial charge is 0.507 e. The number of hydrogen-bond acceptors (Lipinski definition) is 1. The summed E-state index contributed by atoms with van der Waals surface area (Å²) in [5.74, 6) is 0.310. The summed E-state index contributed by atoms with van der Waals surface area (Å²) >= 11 is 0. The van der Waals surface area contributed by atoms with Crippen LogP contribution in [-0.4, -0.2) is 5.11 Å². The lowest BCUT2D eigenvalue weighted by Gasteiger charge is -2.13. The average Bonchev–Trinajstić information content (AvgIpc) is 2.70. The molecule has 0 aliphatic heterocycles. The van der Waals surface area contributed by atoms with Gasteiger partial charge in [0, 0.05) is 5.56 Å². The molecule has 0 aliphatic carbocycles. The monoisotopic (exact) mass is 336 g/mol. The van der Waals surface area contributed by atoms with Crippen molar-refractivity contribution in [2.24, 2.45) is 0 Å². The molecular weight excluding hydrogens is 316 g/mol. The van der Waals surface area contributed by atoms with E-state index in [1.54, 1.807) is 6.07 Å². The normalized spacial score (nSPS) is 10.6. The van der Waals surface area contributed by atoms with E-state index < -0.39 is 0 Å². The van der Waals surface area contributed by atoms with E-state index in [1.165, 1.54) is 11.1 Å². The Hall–Kier alpha value is -3.32. The van der Waals surface area contributed by atoms with Crippen molar-refractivity contribution in [3.63, 3.8) is 0 Å². The quantitative estimate of drug-likeness (QED) is 0.462. The van der Waals surface area contributed by atoms with Gasteiger partial charge in [0.2, 0.25) is 0 Å². The minimum absolute atomic E-state index is 0.310. The van der Waals surface area contributed by atoms with Crippen molar-refractivity contribution >= 4 is 0 Å². The van der Waals surface area contributed by atoms with Crippen LogP contribution >= 0.6 is 0 Å². The second kappa shape index (κ2) is 7.28. The molecule has 126 valence electrons. The highest BCUT2D eigenvalue weighted by Gasteiger charge is 2.11. The van der Waals surface area contributed by atoms with Gasteiger partial charge in [-0.05, 0) is 46.4 Å². The molecule has 0 amide bonds. The lowest BCUT2D eigenvalue weighted by molar-refractivity contribution is 0.477. The van der Waals surface area contributed by atoms with Gasteiger partial charge in [-0.1, -0.05) is 91.0 Å². The fraction of sp³-hybridized carbons (Fsp3) is 0.0400. The molecule has 1 N–H and O–H groups in total. The fourth-order valence-corrected chi connectivity index (χ4v) is 3.31. The summed E-state index contributed by atoms with van der Waals surface area (Å²) in [7, 11) is 0. The van der Waals surface area contributed by atoms with Crippen molar-refractivity contribution in [2.45, 2.75) is 6.42 Å². The molecule has 0 saturated carbocycles. The summed E-state index contributed by atoms with van der Waals surface area (Å²) in [5, 5.41) is 10.5.